The molecule has 26 heavy (non-hydrogen) atoms. The quantitative estimate of drug-likeness (QED) is 0.460. The average Bonchev–Trinajstić information content (AvgIpc) is 2.56. The van der Waals surface area contributed by atoms with E-state index in [2.05, 4.69) is 5.32 Å². The van der Waals surface area contributed by atoms with Crippen LogP contribution in [0.25, 0.3) is 0 Å². The van der Waals surface area contributed by atoms with Crippen LogP contribution < -0.4 is 5.32 Å². The van der Waals surface area contributed by atoms with E-state index in [1.54, 1.807) is 6.07 Å². The highest BCUT2D eigenvalue weighted by Gasteiger charge is 2.23. The summed E-state index contributed by atoms with van der Waals surface area (Å²) < 4.78 is 18.3. The van der Waals surface area contributed by atoms with Crippen LogP contribution in [0.2, 0.25) is 10.0 Å². The molecular formula is C16H11Cl2FN2O5. The number of ether oxygens (including phenoxy) is 1. The van der Waals surface area contributed by atoms with E-state index in [1.165, 1.54) is 19.1 Å². The lowest BCUT2D eigenvalue weighted by atomic mass is 10.2. The number of nitrogens with one attached hydrogen (secondary N) is 1. The van der Waals surface area contributed by atoms with Crippen LogP contribution in [0.5, 0.6) is 0 Å². The lowest BCUT2D eigenvalue weighted by Crippen LogP contribution is -2.30. The summed E-state index contributed by atoms with van der Waals surface area (Å²) in [5.74, 6) is -2.73. The maximum atomic E-state index is 13.3. The van der Waals surface area contributed by atoms with Crippen LogP contribution in [0.15, 0.2) is 36.4 Å². The molecule has 2 aromatic rings. The molecular weight excluding hydrogens is 390 g/mol. The van der Waals surface area contributed by atoms with Crippen LogP contribution in [0.3, 0.4) is 0 Å². The number of carbonyl (C=O) groups is 2. The minimum absolute atomic E-state index is 0.0261. The van der Waals surface area contributed by atoms with E-state index in [-0.39, 0.29) is 21.3 Å². The number of nitrogens with zero attached hydrogens (tertiary/aromatic N) is 1. The first-order valence-electron chi connectivity index (χ1n) is 7.10. The Morgan fingerprint density at radius 1 is 1.23 bits per heavy atom. The third-order valence-electron chi connectivity index (χ3n) is 3.23. The number of esters is 1. The number of hydrogen-bond donors (Lipinski definition) is 1. The van der Waals surface area contributed by atoms with Gasteiger partial charge in [-0.3, -0.25) is 14.9 Å². The number of benzene rings is 2. The standard InChI is InChI=1S/C16H11Cl2FN2O5/c1-8(26-16(23)14-10(17)3-2-4-11(14)18)15(22)20-9-5-6-12(19)13(7-9)21(24)25/h2-8H,1H3,(H,20,22)/t8-/m1/s1. The third-order valence-corrected chi connectivity index (χ3v) is 3.86. The van der Waals surface area contributed by atoms with Crippen molar-refractivity contribution in [2.75, 3.05) is 5.32 Å². The molecule has 0 aliphatic carbocycles. The lowest BCUT2D eigenvalue weighted by molar-refractivity contribution is -0.387. The Hall–Kier alpha value is -2.71. The second-order valence-electron chi connectivity index (χ2n) is 5.06. The van der Waals surface area contributed by atoms with Gasteiger partial charge in [0.05, 0.1) is 20.5 Å². The molecule has 0 unspecified atom stereocenters. The molecule has 2 aromatic carbocycles. The van der Waals surface area contributed by atoms with Gasteiger partial charge in [-0.25, -0.2) is 4.79 Å². The molecule has 7 nitrogen and oxygen atoms in total. The topological polar surface area (TPSA) is 98.5 Å². The molecule has 136 valence electrons. The van der Waals surface area contributed by atoms with Crippen molar-refractivity contribution in [3.05, 3.63) is 67.9 Å². The minimum atomic E-state index is -1.26. The molecule has 0 bridgehead atoms. The fraction of sp³-hybridized carbons (Fsp3) is 0.125. The predicted molar refractivity (Wildman–Crippen MR) is 93.0 cm³/mol. The fourth-order valence-corrected chi connectivity index (χ4v) is 2.49. The number of nitro groups is 1. The van der Waals surface area contributed by atoms with Gasteiger partial charge in [0.25, 0.3) is 5.91 Å². The van der Waals surface area contributed by atoms with Crippen LogP contribution >= 0.6 is 23.2 Å². The van der Waals surface area contributed by atoms with Gasteiger partial charge < -0.3 is 10.1 Å². The Morgan fingerprint density at radius 3 is 2.42 bits per heavy atom. The number of rotatable bonds is 5. The van der Waals surface area contributed by atoms with Gasteiger partial charge in [0.15, 0.2) is 6.10 Å². The van der Waals surface area contributed by atoms with Gasteiger partial charge >= 0.3 is 11.7 Å². The molecule has 0 aliphatic heterocycles. The highest BCUT2D eigenvalue weighted by molar-refractivity contribution is 6.39. The predicted octanol–water partition coefficient (Wildman–Crippen LogP) is 4.22. The monoisotopic (exact) mass is 400 g/mol. The van der Waals surface area contributed by atoms with Crippen molar-refractivity contribution in [3.8, 4) is 0 Å². The van der Waals surface area contributed by atoms with Crippen LogP contribution in [0.4, 0.5) is 15.8 Å². The summed E-state index contributed by atoms with van der Waals surface area (Å²) in [6.45, 7) is 1.29. The first kappa shape index (κ1) is 19.6. The van der Waals surface area contributed by atoms with E-state index in [0.29, 0.717) is 0 Å². The van der Waals surface area contributed by atoms with Crippen LogP contribution in [0, 0.1) is 15.9 Å². The molecule has 1 atom stereocenters. The Balaban J connectivity index is 2.10. The first-order chi connectivity index (χ1) is 12.2. The van der Waals surface area contributed by atoms with Crippen LogP contribution in [0.1, 0.15) is 17.3 Å². The Labute approximate surface area is 156 Å². The summed E-state index contributed by atoms with van der Waals surface area (Å²) >= 11 is 11.8. The minimum Gasteiger partial charge on any atom is -0.449 e. The van der Waals surface area contributed by atoms with Crippen molar-refractivity contribution in [3.63, 3.8) is 0 Å². The molecule has 1 amide bonds. The Bertz CT molecular complexity index is 871. The molecule has 0 fully saturated rings. The highest BCUT2D eigenvalue weighted by atomic mass is 35.5. The molecule has 2 rings (SSSR count). The number of halogens is 3. The van der Waals surface area contributed by atoms with E-state index in [1.807, 2.05) is 0 Å². The molecule has 0 aromatic heterocycles. The second-order valence-corrected chi connectivity index (χ2v) is 5.87. The number of carbonyl (C=O) groups excluding carboxylic acids is 2. The van der Waals surface area contributed by atoms with Gasteiger partial charge in [-0.1, -0.05) is 29.3 Å². The van der Waals surface area contributed by atoms with Gasteiger partial charge in [-0.15, -0.1) is 0 Å². The second kappa shape index (κ2) is 8.11. The van der Waals surface area contributed by atoms with Crippen molar-refractivity contribution in [2.24, 2.45) is 0 Å². The molecule has 1 N–H and O–H groups in total. The number of hydrogen-bond acceptors (Lipinski definition) is 5. The highest BCUT2D eigenvalue weighted by Crippen LogP contribution is 2.26. The van der Waals surface area contributed by atoms with Gasteiger partial charge in [0.2, 0.25) is 5.82 Å². The molecule has 0 radical (unpaired) electrons. The number of nitro benzene ring substituents is 1. The largest absolute Gasteiger partial charge is 0.449 e. The molecule has 0 heterocycles. The lowest BCUT2D eigenvalue weighted by Gasteiger charge is -2.14. The molecule has 10 heteroatoms. The zero-order chi connectivity index (χ0) is 19.4. The van der Waals surface area contributed by atoms with E-state index >= 15 is 0 Å². The smallest absolute Gasteiger partial charge is 0.341 e. The van der Waals surface area contributed by atoms with Crippen molar-refractivity contribution in [1.82, 2.24) is 0 Å². The van der Waals surface area contributed by atoms with Gasteiger partial charge in [-0.2, -0.15) is 4.39 Å². The molecule has 0 spiro atoms. The van der Waals surface area contributed by atoms with Crippen molar-refractivity contribution >= 4 is 46.5 Å². The summed E-state index contributed by atoms with van der Waals surface area (Å²) in [5.41, 5.74) is -0.912. The third kappa shape index (κ3) is 4.47. The summed E-state index contributed by atoms with van der Waals surface area (Å²) in [7, 11) is 0. The van der Waals surface area contributed by atoms with Gasteiger partial charge in [0.1, 0.15) is 0 Å². The van der Waals surface area contributed by atoms with E-state index in [4.69, 9.17) is 27.9 Å². The van der Waals surface area contributed by atoms with Crippen LogP contribution in [-0.4, -0.2) is 22.9 Å². The fourth-order valence-electron chi connectivity index (χ4n) is 1.94. The van der Waals surface area contributed by atoms with Crippen molar-refractivity contribution in [1.29, 1.82) is 0 Å². The van der Waals surface area contributed by atoms with Crippen LogP contribution in [-0.2, 0) is 9.53 Å². The Kier molecular flexibility index (Phi) is 6.12. The van der Waals surface area contributed by atoms with E-state index in [9.17, 15) is 24.1 Å². The average molecular weight is 401 g/mol. The number of anilines is 1. The van der Waals surface area contributed by atoms with Gasteiger partial charge in [0, 0.05) is 11.8 Å². The normalized spacial score (nSPS) is 11.5. The molecule has 0 saturated carbocycles. The van der Waals surface area contributed by atoms with Crippen molar-refractivity contribution < 1.29 is 23.6 Å². The molecule has 0 aliphatic rings. The Morgan fingerprint density at radius 2 is 1.85 bits per heavy atom. The van der Waals surface area contributed by atoms with E-state index < -0.39 is 34.4 Å². The number of amides is 1. The maximum Gasteiger partial charge on any atom is 0.341 e. The summed E-state index contributed by atoms with van der Waals surface area (Å²) in [5, 5.41) is 13.1. The zero-order valence-electron chi connectivity index (χ0n) is 13.2. The maximum absolute atomic E-state index is 13.3. The summed E-state index contributed by atoms with van der Waals surface area (Å²) in [6, 6.07) is 7.25. The SMILES string of the molecule is C[C@@H](OC(=O)c1c(Cl)cccc1Cl)C(=O)Nc1ccc(F)c([N+](=O)[O-])c1. The molecule has 0 saturated heterocycles. The van der Waals surface area contributed by atoms with E-state index in [0.717, 1.165) is 18.2 Å². The first-order valence-corrected chi connectivity index (χ1v) is 7.86. The van der Waals surface area contributed by atoms with Gasteiger partial charge in [-0.05, 0) is 31.2 Å². The van der Waals surface area contributed by atoms with Crippen molar-refractivity contribution in [2.45, 2.75) is 13.0 Å². The summed E-state index contributed by atoms with van der Waals surface area (Å²) in [4.78, 5) is 34.0. The zero-order valence-corrected chi connectivity index (χ0v) is 14.7. The summed E-state index contributed by atoms with van der Waals surface area (Å²) in [6.07, 6.45) is -1.26.